The zero-order valence-electron chi connectivity index (χ0n) is 7.04. The standard InChI is InChI=1S/C8H16N2/c1-4-7-9-10-8(5-2)6-3/h4,7-8H,5-6H2,1-3H3/b7-4-,10-9?. The highest BCUT2D eigenvalue weighted by Gasteiger charge is 1.96. The van der Waals surface area contributed by atoms with Crippen LogP contribution in [0.5, 0.6) is 0 Å². The van der Waals surface area contributed by atoms with Gasteiger partial charge in [-0.05, 0) is 19.8 Å². The third-order valence-corrected chi connectivity index (χ3v) is 1.39. The molecule has 0 radical (unpaired) electrons. The van der Waals surface area contributed by atoms with Gasteiger partial charge in [0.15, 0.2) is 0 Å². The molecule has 0 unspecified atom stereocenters. The quantitative estimate of drug-likeness (QED) is 0.536. The Kier molecular flexibility index (Phi) is 6.03. The lowest BCUT2D eigenvalue weighted by atomic mass is 10.2. The number of azo groups is 1. The average molecular weight is 140 g/mol. The molecule has 0 aromatic carbocycles. The Hall–Kier alpha value is -0.660. The van der Waals surface area contributed by atoms with Crippen LogP contribution < -0.4 is 0 Å². The van der Waals surface area contributed by atoms with Crippen molar-refractivity contribution in [1.82, 2.24) is 0 Å². The van der Waals surface area contributed by atoms with Crippen LogP contribution in [0.4, 0.5) is 0 Å². The molecular weight excluding hydrogens is 124 g/mol. The van der Waals surface area contributed by atoms with E-state index in [-0.39, 0.29) is 0 Å². The molecule has 2 heteroatoms. The predicted molar refractivity (Wildman–Crippen MR) is 44.0 cm³/mol. The fourth-order valence-electron chi connectivity index (χ4n) is 0.651. The molecule has 0 saturated carbocycles. The van der Waals surface area contributed by atoms with Crippen molar-refractivity contribution in [2.24, 2.45) is 10.2 Å². The summed E-state index contributed by atoms with van der Waals surface area (Å²) in [7, 11) is 0. The highest BCUT2D eigenvalue weighted by Crippen LogP contribution is 2.02. The van der Waals surface area contributed by atoms with Crippen molar-refractivity contribution in [3.05, 3.63) is 12.3 Å². The van der Waals surface area contributed by atoms with E-state index in [9.17, 15) is 0 Å². The molecular formula is C8H16N2. The molecule has 0 atom stereocenters. The van der Waals surface area contributed by atoms with E-state index in [4.69, 9.17) is 0 Å². The summed E-state index contributed by atoms with van der Waals surface area (Å²) in [4.78, 5) is 0. The van der Waals surface area contributed by atoms with E-state index >= 15 is 0 Å². The van der Waals surface area contributed by atoms with Crippen molar-refractivity contribution in [1.29, 1.82) is 0 Å². The number of rotatable bonds is 4. The van der Waals surface area contributed by atoms with Crippen LogP contribution in [0.25, 0.3) is 0 Å². The minimum Gasteiger partial charge on any atom is -0.186 e. The van der Waals surface area contributed by atoms with Gasteiger partial charge in [0.1, 0.15) is 0 Å². The van der Waals surface area contributed by atoms with Crippen LogP contribution in [-0.4, -0.2) is 6.04 Å². The van der Waals surface area contributed by atoms with E-state index < -0.39 is 0 Å². The van der Waals surface area contributed by atoms with Crippen LogP contribution in [-0.2, 0) is 0 Å². The molecule has 0 aromatic heterocycles. The third-order valence-electron chi connectivity index (χ3n) is 1.39. The zero-order valence-corrected chi connectivity index (χ0v) is 7.04. The van der Waals surface area contributed by atoms with Crippen molar-refractivity contribution in [2.45, 2.75) is 39.7 Å². The zero-order chi connectivity index (χ0) is 7.82. The molecule has 0 saturated heterocycles. The SMILES string of the molecule is C/C=C\N=NC(CC)CC. The highest BCUT2D eigenvalue weighted by molar-refractivity contribution is 4.72. The fourth-order valence-corrected chi connectivity index (χ4v) is 0.651. The monoisotopic (exact) mass is 140 g/mol. The third kappa shape index (κ3) is 4.24. The summed E-state index contributed by atoms with van der Waals surface area (Å²) in [6, 6.07) is 0.413. The summed E-state index contributed by atoms with van der Waals surface area (Å²) in [6.07, 6.45) is 5.76. The van der Waals surface area contributed by atoms with Gasteiger partial charge in [-0.3, -0.25) is 0 Å². The summed E-state index contributed by atoms with van der Waals surface area (Å²) in [5.74, 6) is 0. The second-order valence-electron chi connectivity index (χ2n) is 2.18. The van der Waals surface area contributed by atoms with Gasteiger partial charge in [0.25, 0.3) is 0 Å². The molecule has 0 aliphatic heterocycles. The summed E-state index contributed by atoms with van der Waals surface area (Å²) < 4.78 is 0. The number of allylic oxidation sites excluding steroid dienone is 1. The molecule has 0 rings (SSSR count). The Morgan fingerprint density at radius 2 is 1.90 bits per heavy atom. The normalized spacial score (nSPS) is 12.4. The molecule has 10 heavy (non-hydrogen) atoms. The Labute approximate surface area is 63.1 Å². The molecule has 0 aliphatic rings. The Bertz CT molecular complexity index is 112. The molecule has 0 amide bonds. The lowest BCUT2D eigenvalue weighted by Gasteiger charge is -2.00. The first-order chi connectivity index (χ1) is 4.85. The van der Waals surface area contributed by atoms with Crippen LogP contribution in [0.2, 0.25) is 0 Å². The van der Waals surface area contributed by atoms with Crippen molar-refractivity contribution < 1.29 is 0 Å². The highest BCUT2D eigenvalue weighted by atomic mass is 15.1. The maximum Gasteiger partial charge on any atom is 0.0707 e. The van der Waals surface area contributed by atoms with Crippen LogP contribution in [0.15, 0.2) is 22.5 Å². The summed E-state index contributed by atoms with van der Waals surface area (Å²) in [5, 5.41) is 7.96. The fraction of sp³-hybridized carbons (Fsp3) is 0.750. The average Bonchev–Trinajstić information content (AvgIpc) is 1.99. The molecule has 0 spiro atoms. The second-order valence-corrected chi connectivity index (χ2v) is 2.18. The van der Waals surface area contributed by atoms with Crippen molar-refractivity contribution in [2.75, 3.05) is 0 Å². The van der Waals surface area contributed by atoms with Gasteiger partial charge in [-0.2, -0.15) is 10.2 Å². The molecule has 2 nitrogen and oxygen atoms in total. The Morgan fingerprint density at radius 1 is 1.30 bits per heavy atom. The van der Waals surface area contributed by atoms with E-state index in [1.165, 1.54) is 0 Å². The van der Waals surface area contributed by atoms with Crippen LogP contribution in [0.3, 0.4) is 0 Å². The van der Waals surface area contributed by atoms with Crippen LogP contribution in [0, 0.1) is 0 Å². The number of nitrogens with zero attached hydrogens (tertiary/aromatic N) is 2. The Morgan fingerprint density at radius 3 is 2.30 bits per heavy atom. The Balaban J connectivity index is 3.60. The minimum atomic E-state index is 0.413. The molecule has 0 fully saturated rings. The molecule has 0 aromatic rings. The number of hydrogen-bond acceptors (Lipinski definition) is 2. The lowest BCUT2D eigenvalue weighted by molar-refractivity contribution is 0.603. The number of hydrogen-bond donors (Lipinski definition) is 0. The van der Waals surface area contributed by atoms with Gasteiger partial charge in [-0.15, -0.1) is 0 Å². The first kappa shape index (κ1) is 9.34. The smallest absolute Gasteiger partial charge is 0.0707 e. The van der Waals surface area contributed by atoms with Gasteiger partial charge in [-0.1, -0.05) is 19.9 Å². The van der Waals surface area contributed by atoms with Gasteiger partial charge in [0, 0.05) is 6.20 Å². The second kappa shape index (κ2) is 6.46. The summed E-state index contributed by atoms with van der Waals surface area (Å²) >= 11 is 0. The van der Waals surface area contributed by atoms with E-state index in [1.54, 1.807) is 6.20 Å². The van der Waals surface area contributed by atoms with E-state index in [0.717, 1.165) is 12.8 Å². The van der Waals surface area contributed by atoms with Crippen molar-refractivity contribution in [3.63, 3.8) is 0 Å². The van der Waals surface area contributed by atoms with Gasteiger partial charge < -0.3 is 0 Å². The molecule has 0 bridgehead atoms. The maximum absolute atomic E-state index is 4.09. The van der Waals surface area contributed by atoms with Gasteiger partial charge >= 0.3 is 0 Å². The largest absolute Gasteiger partial charge is 0.186 e. The summed E-state index contributed by atoms with van der Waals surface area (Å²) in [6.45, 7) is 6.19. The first-order valence-corrected chi connectivity index (χ1v) is 3.86. The molecule has 58 valence electrons. The van der Waals surface area contributed by atoms with Crippen LogP contribution in [0.1, 0.15) is 33.6 Å². The predicted octanol–water partition coefficient (Wildman–Crippen LogP) is 3.16. The van der Waals surface area contributed by atoms with E-state index in [0.29, 0.717) is 6.04 Å². The van der Waals surface area contributed by atoms with Gasteiger partial charge in [0.2, 0.25) is 0 Å². The molecule has 0 aliphatic carbocycles. The lowest BCUT2D eigenvalue weighted by Crippen LogP contribution is -1.97. The minimum absolute atomic E-state index is 0.413. The van der Waals surface area contributed by atoms with Crippen LogP contribution >= 0.6 is 0 Å². The first-order valence-electron chi connectivity index (χ1n) is 3.86. The van der Waals surface area contributed by atoms with E-state index in [1.807, 2.05) is 13.0 Å². The molecule has 0 heterocycles. The van der Waals surface area contributed by atoms with Gasteiger partial charge in [0.05, 0.1) is 6.04 Å². The molecule has 0 N–H and O–H groups in total. The van der Waals surface area contributed by atoms with E-state index in [2.05, 4.69) is 24.1 Å². The maximum atomic E-state index is 4.09. The topological polar surface area (TPSA) is 24.7 Å². The summed E-state index contributed by atoms with van der Waals surface area (Å²) in [5.41, 5.74) is 0. The van der Waals surface area contributed by atoms with Crippen molar-refractivity contribution in [3.8, 4) is 0 Å². The van der Waals surface area contributed by atoms with Gasteiger partial charge in [-0.25, -0.2) is 0 Å². The van der Waals surface area contributed by atoms with Crippen molar-refractivity contribution >= 4 is 0 Å².